The van der Waals surface area contributed by atoms with Gasteiger partial charge < -0.3 is 20.3 Å². The number of nitrogens with zero attached hydrogens (tertiary/aromatic N) is 3. The molecule has 8 nitrogen and oxygen atoms in total. The highest BCUT2D eigenvalue weighted by Crippen LogP contribution is 2.30. The molecule has 1 heterocycles. The molecule has 2 N–H and O–H groups in total. The van der Waals surface area contributed by atoms with Crippen LogP contribution in [0.2, 0.25) is 0 Å². The number of nitrogens with one attached hydrogen (secondary N) is 2. The Labute approximate surface area is 226 Å². The number of benzene rings is 2. The van der Waals surface area contributed by atoms with Crippen LogP contribution in [0.1, 0.15) is 44.0 Å². The lowest BCUT2D eigenvalue weighted by Gasteiger charge is -2.23. The molecule has 0 aliphatic heterocycles. The molecule has 3 amide bonds. The molecule has 11 heteroatoms. The molecule has 0 unspecified atom stereocenters. The Kier molecular flexibility index (Phi) is 9.39. The van der Waals surface area contributed by atoms with Crippen molar-refractivity contribution in [3.05, 3.63) is 71.4 Å². The standard InChI is InChI=1S/C28H34F3N5O3/c1-19-9-6-7-10-22(19)36-24(17-23(34-36)27(2,3)4)33-25(37)18-35(15-8-16-39-5)26(38)32-21-13-11-20(12-14-21)28(29,30)31/h6-7,9-14,17H,8,15-16,18H2,1-5H3,(H,32,38)(H,33,37). The normalized spacial score (nSPS) is 11.8. The topological polar surface area (TPSA) is 88.5 Å². The lowest BCUT2D eigenvalue weighted by molar-refractivity contribution is -0.137. The molecule has 0 bridgehead atoms. The van der Waals surface area contributed by atoms with E-state index in [4.69, 9.17) is 9.84 Å². The first-order valence-corrected chi connectivity index (χ1v) is 12.5. The van der Waals surface area contributed by atoms with Gasteiger partial charge in [0.05, 0.1) is 16.9 Å². The summed E-state index contributed by atoms with van der Waals surface area (Å²) in [5.41, 5.74) is 1.63. The summed E-state index contributed by atoms with van der Waals surface area (Å²) < 4.78 is 45.4. The molecule has 3 aromatic rings. The average molecular weight is 546 g/mol. The predicted molar refractivity (Wildman–Crippen MR) is 144 cm³/mol. The number of aryl methyl sites for hydroxylation is 1. The Bertz CT molecular complexity index is 1280. The van der Waals surface area contributed by atoms with Crippen LogP contribution in [0.15, 0.2) is 54.6 Å². The third-order valence-corrected chi connectivity index (χ3v) is 5.95. The summed E-state index contributed by atoms with van der Waals surface area (Å²) in [7, 11) is 1.53. The first kappa shape index (κ1) is 29.7. The number of amides is 3. The number of carbonyl (C=O) groups is 2. The number of hydrogen-bond donors (Lipinski definition) is 2. The van der Waals surface area contributed by atoms with Crippen LogP contribution >= 0.6 is 0 Å². The largest absolute Gasteiger partial charge is 0.416 e. The van der Waals surface area contributed by atoms with Crippen LogP contribution in [-0.4, -0.2) is 53.4 Å². The second-order valence-corrected chi connectivity index (χ2v) is 10.2. The Morgan fingerprint density at radius 1 is 1.03 bits per heavy atom. The number of urea groups is 1. The van der Waals surface area contributed by atoms with Gasteiger partial charge >= 0.3 is 12.2 Å². The van der Waals surface area contributed by atoms with Crippen molar-refractivity contribution in [1.29, 1.82) is 0 Å². The van der Waals surface area contributed by atoms with E-state index in [9.17, 15) is 22.8 Å². The minimum Gasteiger partial charge on any atom is -0.385 e. The highest BCUT2D eigenvalue weighted by molar-refractivity contribution is 5.96. The molecular formula is C28H34F3N5O3. The number of halogens is 3. The molecule has 0 saturated carbocycles. The molecule has 2 aromatic carbocycles. The minimum atomic E-state index is -4.48. The van der Waals surface area contributed by atoms with Crippen LogP contribution in [-0.2, 0) is 21.1 Å². The van der Waals surface area contributed by atoms with E-state index in [1.807, 2.05) is 58.0 Å². The zero-order valence-corrected chi connectivity index (χ0v) is 22.7. The Morgan fingerprint density at radius 2 is 1.69 bits per heavy atom. The Balaban J connectivity index is 1.80. The highest BCUT2D eigenvalue weighted by atomic mass is 19.4. The summed E-state index contributed by atoms with van der Waals surface area (Å²) in [5.74, 6) is 0.00407. The Hall–Kier alpha value is -3.86. The van der Waals surface area contributed by atoms with E-state index >= 15 is 0 Å². The van der Waals surface area contributed by atoms with Gasteiger partial charge in [-0.1, -0.05) is 39.0 Å². The maximum Gasteiger partial charge on any atom is 0.416 e. The molecule has 1 aromatic heterocycles. The van der Waals surface area contributed by atoms with Gasteiger partial charge in [-0.2, -0.15) is 18.3 Å². The molecular weight excluding hydrogens is 511 g/mol. The zero-order valence-electron chi connectivity index (χ0n) is 22.7. The maximum atomic E-state index is 13.2. The number of ether oxygens (including phenoxy) is 1. The third-order valence-electron chi connectivity index (χ3n) is 5.95. The van der Waals surface area contributed by atoms with E-state index in [-0.39, 0.29) is 24.2 Å². The van der Waals surface area contributed by atoms with Crippen LogP contribution in [0, 0.1) is 6.92 Å². The lowest BCUT2D eigenvalue weighted by atomic mass is 9.92. The number of para-hydroxylation sites is 1. The number of methoxy groups -OCH3 is 1. The molecule has 0 aliphatic carbocycles. The van der Waals surface area contributed by atoms with Crippen molar-refractivity contribution in [2.45, 2.75) is 45.7 Å². The van der Waals surface area contributed by atoms with Gasteiger partial charge in [-0.25, -0.2) is 9.48 Å². The van der Waals surface area contributed by atoms with Crippen LogP contribution in [0.4, 0.5) is 29.5 Å². The van der Waals surface area contributed by atoms with Crippen molar-refractivity contribution >= 4 is 23.4 Å². The summed E-state index contributed by atoms with van der Waals surface area (Å²) in [4.78, 5) is 27.4. The average Bonchev–Trinajstić information content (AvgIpc) is 3.27. The maximum absolute atomic E-state index is 13.2. The number of rotatable bonds is 9. The molecule has 0 atom stereocenters. The quantitative estimate of drug-likeness (QED) is 0.323. The third kappa shape index (κ3) is 8.06. The van der Waals surface area contributed by atoms with Gasteiger partial charge in [-0.05, 0) is 49.2 Å². The lowest BCUT2D eigenvalue weighted by Crippen LogP contribution is -2.41. The fourth-order valence-corrected chi connectivity index (χ4v) is 3.77. The molecule has 3 rings (SSSR count). The fraction of sp³-hybridized carbons (Fsp3) is 0.393. The number of anilines is 2. The second kappa shape index (κ2) is 12.3. The summed E-state index contributed by atoms with van der Waals surface area (Å²) >= 11 is 0. The van der Waals surface area contributed by atoms with Crippen molar-refractivity contribution in [3.63, 3.8) is 0 Å². The van der Waals surface area contributed by atoms with Crippen molar-refractivity contribution in [2.75, 3.05) is 37.4 Å². The van der Waals surface area contributed by atoms with E-state index in [0.29, 0.717) is 18.8 Å². The van der Waals surface area contributed by atoms with Crippen molar-refractivity contribution in [3.8, 4) is 5.69 Å². The SMILES string of the molecule is COCCCN(CC(=O)Nc1cc(C(C)(C)C)nn1-c1ccccc1C)C(=O)Nc1ccc(C(F)(F)F)cc1. The number of hydrogen-bond acceptors (Lipinski definition) is 4. The molecule has 0 radical (unpaired) electrons. The second-order valence-electron chi connectivity index (χ2n) is 10.2. The molecule has 210 valence electrons. The number of alkyl halides is 3. The minimum absolute atomic E-state index is 0.178. The van der Waals surface area contributed by atoms with Gasteiger partial charge in [0.15, 0.2) is 0 Å². The molecule has 0 spiro atoms. The van der Waals surface area contributed by atoms with Gasteiger partial charge in [0, 0.05) is 37.4 Å². The van der Waals surface area contributed by atoms with E-state index in [1.165, 1.54) is 24.1 Å². The van der Waals surface area contributed by atoms with Crippen LogP contribution in [0.25, 0.3) is 5.69 Å². The van der Waals surface area contributed by atoms with Gasteiger partial charge in [0.25, 0.3) is 0 Å². The summed E-state index contributed by atoms with van der Waals surface area (Å²) in [6.45, 7) is 8.27. The smallest absolute Gasteiger partial charge is 0.385 e. The van der Waals surface area contributed by atoms with Crippen molar-refractivity contribution < 1.29 is 27.5 Å². The highest BCUT2D eigenvalue weighted by Gasteiger charge is 2.30. The van der Waals surface area contributed by atoms with Gasteiger partial charge in [0.2, 0.25) is 5.91 Å². The summed E-state index contributed by atoms with van der Waals surface area (Å²) in [6, 6.07) is 12.9. The number of carbonyl (C=O) groups excluding carboxylic acids is 2. The summed E-state index contributed by atoms with van der Waals surface area (Å²) in [5, 5.41) is 10.2. The fourth-order valence-electron chi connectivity index (χ4n) is 3.77. The first-order valence-electron chi connectivity index (χ1n) is 12.5. The molecule has 0 aliphatic rings. The van der Waals surface area contributed by atoms with Crippen LogP contribution in [0.3, 0.4) is 0 Å². The molecule has 0 saturated heterocycles. The van der Waals surface area contributed by atoms with Crippen molar-refractivity contribution in [2.24, 2.45) is 0 Å². The first-order chi connectivity index (χ1) is 18.3. The van der Waals surface area contributed by atoms with Gasteiger partial charge in [0.1, 0.15) is 12.4 Å². The van der Waals surface area contributed by atoms with Crippen LogP contribution < -0.4 is 10.6 Å². The van der Waals surface area contributed by atoms with E-state index in [2.05, 4.69) is 10.6 Å². The number of aromatic nitrogens is 2. The molecule has 0 fully saturated rings. The summed E-state index contributed by atoms with van der Waals surface area (Å²) in [6.07, 6.45) is -4.02. The van der Waals surface area contributed by atoms with E-state index in [0.717, 1.165) is 29.1 Å². The predicted octanol–water partition coefficient (Wildman–Crippen LogP) is 6.01. The monoisotopic (exact) mass is 545 g/mol. The van der Waals surface area contributed by atoms with Crippen molar-refractivity contribution in [1.82, 2.24) is 14.7 Å². The van der Waals surface area contributed by atoms with E-state index < -0.39 is 23.7 Å². The van der Waals surface area contributed by atoms with Gasteiger partial charge in [-0.3, -0.25) is 4.79 Å². The Morgan fingerprint density at radius 3 is 2.28 bits per heavy atom. The molecule has 39 heavy (non-hydrogen) atoms. The van der Waals surface area contributed by atoms with Crippen LogP contribution in [0.5, 0.6) is 0 Å². The zero-order chi connectivity index (χ0) is 28.8. The van der Waals surface area contributed by atoms with E-state index in [1.54, 1.807) is 4.68 Å². The van der Waals surface area contributed by atoms with Gasteiger partial charge in [-0.15, -0.1) is 0 Å².